The molecular formula is C12H16F. The van der Waals surface area contributed by atoms with Gasteiger partial charge in [-0.3, -0.25) is 0 Å². The van der Waals surface area contributed by atoms with Gasteiger partial charge in [0.05, 0.1) is 0 Å². The molecule has 0 spiro atoms. The van der Waals surface area contributed by atoms with E-state index in [1.54, 1.807) is 6.07 Å². The van der Waals surface area contributed by atoms with Crippen molar-refractivity contribution in [1.29, 1.82) is 0 Å². The normalized spacial score (nSPS) is 11.8. The summed E-state index contributed by atoms with van der Waals surface area (Å²) < 4.78 is 13.7. The summed E-state index contributed by atoms with van der Waals surface area (Å²) in [6, 6.07) is 5.52. The Bertz CT molecular complexity index is 294. The molecule has 0 N–H and O–H groups in total. The van der Waals surface area contributed by atoms with Gasteiger partial charge in [-0.2, -0.15) is 0 Å². The molecule has 1 rings (SSSR count). The van der Waals surface area contributed by atoms with Gasteiger partial charge in [-0.1, -0.05) is 39.0 Å². The molecule has 0 atom stereocenters. The highest BCUT2D eigenvalue weighted by atomic mass is 19.1. The van der Waals surface area contributed by atoms with Crippen molar-refractivity contribution in [2.45, 2.75) is 32.6 Å². The van der Waals surface area contributed by atoms with Crippen molar-refractivity contribution in [3.63, 3.8) is 0 Å². The van der Waals surface area contributed by atoms with Crippen molar-refractivity contribution in [2.75, 3.05) is 0 Å². The Morgan fingerprint density at radius 1 is 1.31 bits per heavy atom. The van der Waals surface area contributed by atoms with E-state index in [1.165, 1.54) is 0 Å². The number of hydrogen-bond acceptors (Lipinski definition) is 0. The second-order valence-corrected chi connectivity index (χ2v) is 4.28. The lowest BCUT2D eigenvalue weighted by Gasteiger charge is -2.20. The van der Waals surface area contributed by atoms with Crippen LogP contribution in [-0.4, -0.2) is 0 Å². The lowest BCUT2D eigenvalue weighted by Crippen LogP contribution is -2.14. The van der Waals surface area contributed by atoms with Crippen LogP contribution in [0.25, 0.3) is 0 Å². The minimum atomic E-state index is -0.130. The van der Waals surface area contributed by atoms with E-state index >= 15 is 0 Å². The van der Waals surface area contributed by atoms with Crippen LogP contribution < -0.4 is 0 Å². The molecule has 0 saturated carbocycles. The van der Waals surface area contributed by atoms with Gasteiger partial charge in [0.15, 0.2) is 0 Å². The first-order chi connectivity index (χ1) is 5.96. The zero-order valence-corrected chi connectivity index (χ0v) is 8.52. The van der Waals surface area contributed by atoms with E-state index in [0.29, 0.717) is 12.0 Å². The van der Waals surface area contributed by atoms with Crippen molar-refractivity contribution in [2.24, 2.45) is 0 Å². The van der Waals surface area contributed by atoms with Crippen LogP contribution in [0.15, 0.2) is 18.2 Å². The molecule has 1 heteroatoms. The Balaban J connectivity index is 3.24. The highest BCUT2D eigenvalue weighted by molar-refractivity contribution is 5.31. The summed E-state index contributed by atoms with van der Waals surface area (Å²) in [6.07, 6.45) is 0.510. The Morgan fingerprint density at radius 3 is 2.38 bits per heavy atom. The quantitative estimate of drug-likeness (QED) is 0.619. The molecule has 71 valence electrons. The minimum absolute atomic E-state index is 0.0926. The summed E-state index contributed by atoms with van der Waals surface area (Å²) in [6.45, 7) is 9.74. The lowest BCUT2D eigenvalue weighted by atomic mass is 9.85. The molecule has 0 nitrogen and oxygen atoms in total. The van der Waals surface area contributed by atoms with Crippen molar-refractivity contribution < 1.29 is 4.39 Å². The standard InChI is InChI=1S/C12H16F/c1-5-9-7-6-8-10(11(9)13)12(2,3)4/h6-8H,1,5H2,2-4H3. The molecule has 13 heavy (non-hydrogen) atoms. The molecule has 0 saturated heterocycles. The first-order valence-corrected chi connectivity index (χ1v) is 4.54. The second-order valence-electron chi connectivity index (χ2n) is 4.28. The summed E-state index contributed by atoms with van der Waals surface area (Å²) in [5.74, 6) is -0.0926. The summed E-state index contributed by atoms with van der Waals surface area (Å²) in [7, 11) is 0. The van der Waals surface area contributed by atoms with E-state index in [1.807, 2.05) is 32.9 Å². The van der Waals surface area contributed by atoms with Crippen molar-refractivity contribution in [3.8, 4) is 0 Å². The molecule has 0 amide bonds. The molecule has 0 aliphatic heterocycles. The summed E-state index contributed by atoms with van der Waals surface area (Å²) in [5, 5.41) is 0. The van der Waals surface area contributed by atoms with Crippen LogP contribution in [0.2, 0.25) is 0 Å². The lowest BCUT2D eigenvalue weighted by molar-refractivity contribution is 0.517. The average Bonchev–Trinajstić information content (AvgIpc) is 2.02. The third kappa shape index (κ3) is 2.09. The van der Waals surface area contributed by atoms with E-state index in [-0.39, 0.29) is 11.2 Å². The Hall–Kier alpha value is -0.850. The van der Waals surface area contributed by atoms with E-state index in [9.17, 15) is 4.39 Å². The first-order valence-electron chi connectivity index (χ1n) is 4.54. The van der Waals surface area contributed by atoms with E-state index in [0.717, 1.165) is 5.56 Å². The maximum Gasteiger partial charge on any atom is 0.130 e. The van der Waals surface area contributed by atoms with Gasteiger partial charge in [-0.25, -0.2) is 4.39 Å². The minimum Gasteiger partial charge on any atom is -0.206 e. The Labute approximate surface area is 79.8 Å². The van der Waals surface area contributed by atoms with E-state index < -0.39 is 0 Å². The molecule has 0 heterocycles. The van der Waals surface area contributed by atoms with Crippen LogP contribution in [0.5, 0.6) is 0 Å². The van der Waals surface area contributed by atoms with Crippen molar-refractivity contribution in [1.82, 2.24) is 0 Å². The van der Waals surface area contributed by atoms with Crippen molar-refractivity contribution in [3.05, 3.63) is 42.1 Å². The van der Waals surface area contributed by atoms with Crippen LogP contribution in [0.1, 0.15) is 31.9 Å². The highest BCUT2D eigenvalue weighted by Crippen LogP contribution is 2.26. The fraction of sp³-hybridized carbons (Fsp3) is 0.417. The molecule has 1 aromatic rings. The SMILES string of the molecule is [CH2]Cc1cccc(C(C)(C)C)c1F. The zero-order chi connectivity index (χ0) is 10.1. The van der Waals surface area contributed by atoms with Crippen LogP contribution in [0, 0.1) is 12.7 Å². The van der Waals surface area contributed by atoms with Crippen LogP contribution in [-0.2, 0) is 11.8 Å². The van der Waals surface area contributed by atoms with Gasteiger partial charge >= 0.3 is 0 Å². The number of hydrogen-bond donors (Lipinski definition) is 0. The molecule has 0 bridgehead atoms. The predicted octanol–water partition coefficient (Wildman–Crippen LogP) is 3.50. The molecule has 0 aliphatic rings. The van der Waals surface area contributed by atoms with Gasteiger partial charge in [0.25, 0.3) is 0 Å². The molecule has 0 aromatic heterocycles. The van der Waals surface area contributed by atoms with E-state index in [4.69, 9.17) is 0 Å². The average molecular weight is 179 g/mol. The van der Waals surface area contributed by atoms with Gasteiger partial charge < -0.3 is 0 Å². The predicted molar refractivity (Wildman–Crippen MR) is 54.2 cm³/mol. The zero-order valence-electron chi connectivity index (χ0n) is 8.52. The van der Waals surface area contributed by atoms with Gasteiger partial charge in [0.2, 0.25) is 0 Å². The van der Waals surface area contributed by atoms with Crippen LogP contribution in [0.4, 0.5) is 4.39 Å². The maximum atomic E-state index is 13.7. The molecule has 1 aromatic carbocycles. The van der Waals surface area contributed by atoms with Gasteiger partial charge in [-0.15, -0.1) is 0 Å². The summed E-state index contributed by atoms with van der Waals surface area (Å²) in [4.78, 5) is 0. The van der Waals surface area contributed by atoms with Crippen molar-refractivity contribution >= 4 is 0 Å². The van der Waals surface area contributed by atoms with Gasteiger partial charge in [0.1, 0.15) is 5.82 Å². The molecule has 1 radical (unpaired) electrons. The van der Waals surface area contributed by atoms with Crippen LogP contribution >= 0.6 is 0 Å². The fourth-order valence-corrected chi connectivity index (χ4v) is 1.35. The third-order valence-electron chi connectivity index (χ3n) is 2.16. The number of halogens is 1. The summed E-state index contributed by atoms with van der Waals surface area (Å²) >= 11 is 0. The molecule has 0 fully saturated rings. The Morgan fingerprint density at radius 2 is 1.92 bits per heavy atom. The van der Waals surface area contributed by atoms with Crippen LogP contribution in [0.3, 0.4) is 0 Å². The topological polar surface area (TPSA) is 0 Å². The Kier molecular flexibility index (Phi) is 2.74. The maximum absolute atomic E-state index is 13.7. The highest BCUT2D eigenvalue weighted by Gasteiger charge is 2.19. The molecule has 0 aliphatic carbocycles. The molecule has 0 unspecified atom stereocenters. The smallest absolute Gasteiger partial charge is 0.130 e. The second kappa shape index (κ2) is 3.49. The fourth-order valence-electron chi connectivity index (χ4n) is 1.35. The molecular weight excluding hydrogens is 163 g/mol. The van der Waals surface area contributed by atoms with Gasteiger partial charge in [0, 0.05) is 0 Å². The largest absolute Gasteiger partial charge is 0.206 e. The monoisotopic (exact) mass is 179 g/mol. The number of rotatable bonds is 1. The van der Waals surface area contributed by atoms with Gasteiger partial charge in [-0.05, 0) is 29.9 Å². The first kappa shape index (κ1) is 10.2. The number of benzene rings is 1. The van der Waals surface area contributed by atoms with E-state index in [2.05, 4.69) is 6.92 Å². The third-order valence-corrected chi connectivity index (χ3v) is 2.16. The summed E-state index contributed by atoms with van der Waals surface area (Å²) in [5.41, 5.74) is 1.34.